The molecular formula is C17H14BrNO5S. The van der Waals surface area contributed by atoms with Crippen LogP contribution in [0.3, 0.4) is 0 Å². The quantitative estimate of drug-likeness (QED) is 0.763. The SMILES string of the molecule is COC(=O)[C@@H]1CSc2c(-c3ccc(C(=O)O)cc3)c(C)c(Br)c(=O)n21. The van der Waals surface area contributed by atoms with Crippen LogP contribution in [0.4, 0.5) is 0 Å². The summed E-state index contributed by atoms with van der Waals surface area (Å²) in [6, 6.07) is 5.77. The summed E-state index contributed by atoms with van der Waals surface area (Å²) in [5, 5.41) is 9.74. The smallest absolute Gasteiger partial charge is 0.335 e. The van der Waals surface area contributed by atoms with Crippen LogP contribution >= 0.6 is 27.7 Å². The minimum absolute atomic E-state index is 0.185. The zero-order valence-electron chi connectivity index (χ0n) is 13.4. The molecule has 8 heteroatoms. The van der Waals surface area contributed by atoms with E-state index in [1.165, 1.54) is 35.6 Å². The highest BCUT2D eigenvalue weighted by atomic mass is 79.9. The first-order valence-electron chi connectivity index (χ1n) is 7.35. The molecular weight excluding hydrogens is 410 g/mol. The fraction of sp³-hybridized carbons (Fsp3) is 0.235. The Bertz CT molecular complexity index is 936. The Morgan fingerprint density at radius 1 is 1.32 bits per heavy atom. The summed E-state index contributed by atoms with van der Waals surface area (Å²) >= 11 is 4.74. The summed E-state index contributed by atoms with van der Waals surface area (Å²) in [6.45, 7) is 1.82. The minimum atomic E-state index is -1.00. The lowest BCUT2D eigenvalue weighted by Gasteiger charge is -2.17. The molecule has 1 aliphatic heterocycles. The number of pyridine rings is 1. The van der Waals surface area contributed by atoms with Crippen LogP contribution in [0.25, 0.3) is 11.1 Å². The van der Waals surface area contributed by atoms with E-state index in [1.807, 2.05) is 6.92 Å². The Morgan fingerprint density at radius 3 is 2.52 bits per heavy atom. The number of ether oxygens (including phenoxy) is 1. The van der Waals surface area contributed by atoms with Crippen molar-refractivity contribution in [1.29, 1.82) is 0 Å². The maximum absolute atomic E-state index is 12.7. The van der Waals surface area contributed by atoms with Gasteiger partial charge < -0.3 is 9.84 Å². The van der Waals surface area contributed by atoms with Gasteiger partial charge in [-0.05, 0) is 46.1 Å². The lowest BCUT2D eigenvalue weighted by molar-refractivity contribution is -0.143. The molecule has 1 atom stereocenters. The zero-order valence-corrected chi connectivity index (χ0v) is 15.8. The van der Waals surface area contributed by atoms with E-state index >= 15 is 0 Å². The normalized spacial score (nSPS) is 15.7. The average molecular weight is 424 g/mol. The van der Waals surface area contributed by atoms with E-state index in [9.17, 15) is 14.4 Å². The third kappa shape index (κ3) is 2.89. The predicted octanol–water partition coefficient (Wildman–Crippen LogP) is 3.10. The molecule has 0 aliphatic carbocycles. The van der Waals surface area contributed by atoms with Crippen molar-refractivity contribution in [2.75, 3.05) is 12.9 Å². The van der Waals surface area contributed by atoms with Crippen molar-refractivity contribution in [3.05, 3.63) is 50.2 Å². The number of thioether (sulfide) groups is 1. The molecule has 0 fully saturated rings. The molecule has 0 bridgehead atoms. The van der Waals surface area contributed by atoms with E-state index < -0.39 is 18.0 Å². The molecule has 0 amide bonds. The van der Waals surface area contributed by atoms with Crippen molar-refractivity contribution >= 4 is 39.6 Å². The second-order valence-corrected chi connectivity index (χ2v) is 7.33. The van der Waals surface area contributed by atoms with Gasteiger partial charge in [0.15, 0.2) is 0 Å². The number of benzene rings is 1. The Labute approximate surface area is 155 Å². The lowest BCUT2D eigenvalue weighted by Crippen LogP contribution is -2.30. The van der Waals surface area contributed by atoms with Crippen LogP contribution in [0, 0.1) is 6.92 Å². The molecule has 1 aromatic heterocycles. The number of nitrogens with zero attached hydrogens (tertiary/aromatic N) is 1. The number of carbonyl (C=O) groups excluding carboxylic acids is 1. The number of carboxylic acids is 1. The van der Waals surface area contributed by atoms with Crippen LogP contribution in [-0.2, 0) is 9.53 Å². The minimum Gasteiger partial charge on any atom is -0.478 e. The van der Waals surface area contributed by atoms with Crippen LogP contribution in [-0.4, -0.2) is 34.5 Å². The number of methoxy groups -OCH3 is 1. The molecule has 0 saturated heterocycles. The Morgan fingerprint density at radius 2 is 1.96 bits per heavy atom. The highest BCUT2D eigenvalue weighted by Crippen LogP contribution is 2.42. The fourth-order valence-corrected chi connectivity index (χ4v) is 4.59. The molecule has 2 heterocycles. The Balaban J connectivity index is 2.23. The van der Waals surface area contributed by atoms with Gasteiger partial charge in [-0.15, -0.1) is 11.8 Å². The van der Waals surface area contributed by atoms with Gasteiger partial charge in [-0.2, -0.15) is 0 Å². The standard InChI is InChI=1S/C17H14BrNO5S/c1-8-12(9-3-5-10(6-4-9)16(21)22)15-19(14(20)13(8)18)11(7-25-15)17(23)24-2/h3-6,11H,7H2,1-2H3,(H,21,22)/t11-/m0/s1. The summed E-state index contributed by atoms with van der Waals surface area (Å²) < 4.78 is 6.64. The highest BCUT2D eigenvalue weighted by molar-refractivity contribution is 9.10. The molecule has 1 aliphatic rings. The number of halogens is 1. The van der Waals surface area contributed by atoms with Gasteiger partial charge in [0, 0.05) is 11.3 Å². The topological polar surface area (TPSA) is 85.6 Å². The molecule has 0 radical (unpaired) electrons. The van der Waals surface area contributed by atoms with Gasteiger partial charge in [0.1, 0.15) is 6.04 Å². The number of rotatable bonds is 3. The van der Waals surface area contributed by atoms with Crippen LogP contribution in [0.15, 0.2) is 38.6 Å². The largest absolute Gasteiger partial charge is 0.478 e. The van der Waals surface area contributed by atoms with E-state index in [4.69, 9.17) is 9.84 Å². The molecule has 130 valence electrons. The fourth-order valence-electron chi connectivity index (χ4n) is 2.84. The second-order valence-electron chi connectivity index (χ2n) is 5.53. The number of aromatic carboxylic acids is 1. The molecule has 0 unspecified atom stereocenters. The monoisotopic (exact) mass is 423 g/mol. The maximum atomic E-state index is 12.7. The second kappa shape index (κ2) is 6.68. The van der Waals surface area contributed by atoms with Gasteiger partial charge in [0.25, 0.3) is 5.56 Å². The van der Waals surface area contributed by atoms with Crippen molar-refractivity contribution in [1.82, 2.24) is 4.57 Å². The van der Waals surface area contributed by atoms with Crippen molar-refractivity contribution in [3.8, 4) is 11.1 Å². The average Bonchev–Trinajstić information content (AvgIpc) is 3.04. The van der Waals surface area contributed by atoms with Crippen molar-refractivity contribution in [2.24, 2.45) is 0 Å². The summed E-state index contributed by atoms with van der Waals surface area (Å²) in [4.78, 5) is 35.7. The number of fused-ring (bicyclic) bond motifs is 1. The van der Waals surface area contributed by atoms with Gasteiger partial charge in [0.2, 0.25) is 0 Å². The number of carboxylic acid groups (broad SMARTS) is 1. The third-order valence-corrected chi connectivity index (χ3v) is 6.22. The molecule has 1 aromatic carbocycles. The summed E-state index contributed by atoms with van der Waals surface area (Å²) in [5.74, 6) is -1.05. The Hall–Kier alpha value is -2.06. The van der Waals surface area contributed by atoms with Crippen LogP contribution in [0.1, 0.15) is 22.0 Å². The van der Waals surface area contributed by atoms with Gasteiger partial charge in [-0.1, -0.05) is 12.1 Å². The maximum Gasteiger partial charge on any atom is 0.335 e. The number of hydrogen-bond acceptors (Lipinski definition) is 5. The number of aromatic nitrogens is 1. The van der Waals surface area contributed by atoms with Crippen LogP contribution < -0.4 is 5.56 Å². The van der Waals surface area contributed by atoms with E-state index in [2.05, 4.69) is 15.9 Å². The molecule has 1 N–H and O–H groups in total. The van der Waals surface area contributed by atoms with E-state index in [-0.39, 0.29) is 11.1 Å². The van der Waals surface area contributed by atoms with Gasteiger partial charge in [-0.3, -0.25) is 9.36 Å². The summed E-state index contributed by atoms with van der Waals surface area (Å²) in [7, 11) is 1.30. The zero-order chi connectivity index (χ0) is 18.3. The molecule has 6 nitrogen and oxygen atoms in total. The van der Waals surface area contributed by atoms with Crippen molar-refractivity contribution in [2.45, 2.75) is 18.0 Å². The van der Waals surface area contributed by atoms with Crippen LogP contribution in [0.5, 0.6) is 0 Å². The molecule has 25 heavy (non-hydrogen) atoms. The summed E-state index contributed by atoms with van der Waals surface area (Å²) in [6.07, 6.45) is 0. The molecule has 2 aromatic rings. The number of hydrogen-bond donors (Lipinski definition) is 1. The lowest BCUT2D eigenvalue weighted by atomic mass is 10.0. The Kier molecular flexibility index (Phi) is 4.75. The van der Waals surface area contributed by atoms with Gasteiger partial charge >= 0.3 is 11.9 Å². The summed E-state index contributed by atoms with van der Waals surface area (Å²) in [5.41, 5.74) is 2.24. The molecule has 0 saturated carbocycles. The van der Waals surface area contributed by atoms with Gasteiger partial charge in [-0.25, -0.2) is 9.59 Å². The van der Waals surface area contributed by atoms with E-state index in [0.717, 1.165) is 16.7 Å². The first-order valence-corrected chi connectivity index (χ1v) is 9.13. The van der Waals surface area contributed by atoms with Crippen molar-refractivity contribution < 1.29 is 19.4 Å². The van der Waals surface area contributed by atoms with E-state index in [1.54, 1.807) is 12.1 Å². The predicted molar refractivity (Wildman–Crippen MR) is 97.3 cm³/mol. The molecule has 3 rings (SSSR count). The number of carbonyl (C=O) groups is 2. The van der Waals surface area contributed by atoms with Gasteiger partial charge in [0.05, 0.1) is 22.2 Å². The first-order chi connectivity index (χ1) is 11.9. The third-order valence-electron chi connectivity index (χ3n) is 4.13. The van der Waals surface area contributed by atoms with Crippen LogP contribution in [0.2, 0.25) is 0 Å². The number of esters is 1. The van der Waals surface area contributed by atoms with E-state index in [0.29, 0.717) is 15.3 Å². The first kappa shape index (κ1) is 17.8. The highest BCUT2D eigenvalue weighted by Gasteiger charge is 2.34. The molecule has 0 spiro atoms. The van der Waals surface area contributed by atoms with Crippen molar-refractivity contribution in [3.63, 3.8) is 0 Å².